The molecule has 2 aliphatic heterocycles. The van der Waals surface area contributed by atoms with E-state index in [0.717, 1.165) is 6.54 Å². The normalized spacial score (nSPS) is 15.4. The average molecular weight is 237 g/mol. The maximum Gasteiger partial charge on any atom is 0.0629 e. The van der Waals surface area contributed by atoms with Crippen molar-refractivity contribution in [3.63, 3.8) is 0 Å². The highest BCUT2D eigenvalue weighted by molar-refractivity contribution is 7.99. The zero-order valence-corrected chi connectivity index (χ0v) is 10.1. The van der Waals surface area contributed by atoms with Gasteiger partial charge in [-0.15, -0.1) is 0 Å². The number of hydrogen-bond acceptors (Lipinski definition) is 2. The summed E-state index contributed by atoms with van der Waals surface area (Å²) in [6.07, 6.45) is 4.46. The Bertz CT molecular complexity index is 631. The Kier molecular flexibility index (Phi) is 1.88. The summed E-state index contributed by atoms with van der Waals surface area (Å²) < 4.78 is 0. The molecule has 2 heterocycles. The van der Waals surface area contributed by atoms with Crippen LogP contribution in [0.4, 0.5) is 11.4 Å². The predicted molar refractivity (Wildman–Crippen MR) is 73.0 cm³/mol. The lowest BCUT2D eigenvalue weighted by molar-refractivity contribution is 1.02. The van der Waals surface area contributed by atoms with Gasteiger partial charge >= 0.3 is 0 Å². The van der Waals surface area contributed by atoms with E-state index in [0.29, 0.717) is 0 Å². The fraction of sp³-hybridized carbons (Fsp3) is 0.0667. The van der Waals surface area contributed by atoms with Crippen molar-refractivity contribution in [1.29, 1.82) is 0 Å². The monoisotopic (exact) mass is 237 g/mol. The lowest BCUT2D eigenvalue weighted by atomic mass is 10.1. The summed E-state index contributed by atoms with van der Waals surface area (Å²) in [5.41, 5.74) is 4.04. The number of fused-ring (bicyclic) bond motifs is 2. The van der Waals surface area contributed by atoms with Gasteiger partial charge in [0.15, 0.2) is 0 Å². The second kappa shape index (κ2) is 3.41. The van der Waals surface area contributed by atoms with Crippen molar-refractivity contribution < 1.29 is 0 Å². The van der Waals surface area contributed by atoms with E-state index in [1.54, 1.807) is 0 Å². The van der Waals surface area contributed by atoms with Crippen LogP contribution in [-0.4, -0.2) is 6.54 Å². The molecule has 2 aliphatic rings. The molecule has 82 valence electrons. The number of para-hydroxylation sites is 2. The van der Waals surface area contributed by atoms with E-state index >= 15 is 0 Å². The minimum absolute atomic E-state index is 0.974. The van der Waals surface area contributed by atoms with E-state index in [-0.39, 0.29) is 0 Å². The summed E-state index contributed by atoms with van der Waals surface area (Å²) in [4.78, 5) is 5.13. The molecule has 0 radical (unpaired) electrons. The molecule has 0 bridgehead atoms. The second-order valence-electron chi connectivity index (χ2n) is 4.28. The van der Waals surface area contributed by atoms with Gasteiger partial charge in [0.05, 0.1) is 11.4 Å². The molecule has 4 rings (SSSR count). The summed E-state index contributed by atoms with van der Waals surface area (Å²) in [6, 6.07) is 15.2. The molecule has 0 spiro atoms. The second-order valence-corrected chi connectivity index (χ2v) is 5.36. The molecule has 1 nitrogen and oxygen atoms in total. The van der Waals surface area contributed by atoms with Crippen molar-refractivity contribution in [2.45, 2.75) is 9.79 Å². The van der Waals surface area contributed by atoms with Crippen molar-refractivity contribution in [1.82, 2.24) is 0 Å². The molecule has 2 aromatic carbocycles. The molecule has 0 N–H and O–H groups in total. The van der Waals surface area contributed by atoms with Crippen molar-refractivity contribution in [3.05, 3.63) is 54.1 Å². The standard InChI is InChI=1S/C15H11NS/c1-2-8-13-12(7-1)16-10-4-6-11-5-3-9-14(17-13)15(11)16/h1-9H,10H2. The Hall–Kier alpha value is -1.67. The van der Waals surface area contributed by atoms with E-state index in [4.69, 9.17) is 0 Å². The minimum Gasteiger partial charge on any atom is -0.335 e. The van der Waals surface area contributed by atoms with Gasteiger partial charge in [0.1, 0.15) is 0 Å². The van der Waals surface area contributed by atoms with Crippen molar-refractivity contribution >= 4 is 29.2 Å². The van der Waals surface area contributed by atoms with E-state index in [1.807, 2.05) is 11.8 Å². The summed E-state index contributed by atoms with van der Waals surface area (Å²) in [5, 5.41) is 0. The summed E-state index contributed by atoms with van der Waals surface area (Å²) in [5.74, 6) is 0. The molecule has 0 fully saturated rings. The highest BCUT2D eigenvalue weighted by atomic mass is 32.2. The lowest BCUT2D eigenvalue weighted by Gasteiger charge is -2.35. The molecule has 0 saturated carbocycles. The zero-order valence-electron chi connectivity index (χ0n) is 9.26. The Morgan fingerprint density at radius 3 is 2.82 bits per heavy atom. The Balaban J connectivity index is 2.02. The van der Waals surface area contributed by atoms with Gasteiger partial charge < -0.3 is 4.90 Å². The van der Waals surface area contributed by atoms with Gasteiger partial charge in [0.2, 0.25) is 0 Å². The topological polar surface area (TPSA) is 3.24 Å². The van der Waals surface area contributed by atoms with Crippen LogP contribution < -0.4 is 4.90 Å². The van der Waals surface area contributed by atoms with Gasteiger partial charge in [0, 0.05) is 16.3 Å². The number of hydrogen-bond donors (Lipinski definition) is 0. The fourth-order valence-corrected chi connectivity index (χ4v) is 3.66. The van der Waals surface area contributed by atoms with Crippen LogP contribution in [0.25, 0.3) is 6.08 Å². The van der Waals surface area contributed by atoms with Crippen LogP contribution in [-0.2, 0) is 0 Å². The van der Waals surface area contributed by atoms with Gasteiger partial charge in [-0.2, -0.15) is 0 Å². The molecule has 0 aromatic heterocycles. The van der Waals surface area contributed by atoms with Crippen molar-refractivity contribution in [2.75, 3.05) is 11.4 Å². The van der Waals surface area contributed by atoms with E-state index in [9.17, 15) is 0 Å². The largest absolute Gasteiger partial charge is 0.335 e. The first kappa shape index (κ1) is 9.37. The Labute approximate surface area is 105 Å². The van der Waals surface area contributed by atoms with Crippen molar-refractivity contribution in [3.8, 4) is 0 Å². The molecule has 0 unspecified atom stereocenters. The molecule has 2 aromatic rings. The Morgan fingerprint density at radius 2 is 1.82 bits per heavy atom. The lowest BCUT2D eigenvalue weighted by Crippen LogP contribution is -2.23. The number of anilines is 2. The third kappa shape index (κ3) is 1.28. The Morgan fingerprint density at radius 1 is 0.941 bits per heavy atom. The molecular weight excluding hydrogens is 226 g/mol. The van der Waals surface area contributed by atoms with Crippen LogP contribution in [0.15, 0.2) is 58.3 Å². The van der Waals surface area contributed by atoms with Gasteiger partial charge in [-0.3, -0.25) is 0 Å². The molecule has 0 atom stereocenters. The third-order valence-electron chi connectivity index (χ3n) is 3.26. The molecule has 0 amide bonds. The number of benzene rings is 2. The van der Waals surface area contributed by atoms with Crippen LogP contribution in [0.5, 0.6) is 0 Å². The molecular formula is C15H11NS. The van der Waals surface area contributed by atoms with Crippen LogP contribution in [0.3, 0.4) is 0 Å². The zero-order chi connectivity index (χ0) is 11.2. The van der Waals surface area contributed by atoms with Crippen LogP contribution in [0, 0.1) is 0 Å². The molecule has 0 saturated heterocycles. The van der Waals surface area contributed by atoms with E-state index in [2.05, 4.69) is 59.5 Å². The quantitative estimate of drug-likeness (QED) is 0.671. The van der Waals surface area contributed by atoms with E-state index in [1.165, 1.54) is 26.7 Å². The SMILES string of the molecule is C1=Cc2cccc3c2N(C1)c1ccccc1S3. The first-order valence-corrected chi connectivity index (χ1v) is 6.59. The van der Waals surface area contributed by atoms with Gasteiger partial charge in [-0.25, -0.2) is 0 Å². The smallest absolute Gasteiger partial charge is 0.0629 e. The number of rotatable bonds is 0. The number of nitrogens with zero attached hydrogens (tertiary/aromatic N) is 1. The maximum atomic E-state index is 2.41. The highest BCUT2D eigenvalue weighted by Crippen LogP contribution is 2.50. The van der Waals surface area contributed by atoms with Crippen LogP contribution in [0.2, 0.25) is 0 Å². The van der Waals surface area contributed by atoms with Crippen LogP contribution >= 0.6 is 11.8 Å². The first-order chi connectivity index (χ1) is 8.43. The van der Waals surface area contributed by atoms with Crippen LogP contribution in [0.1, 0.15) is 5.56 Å². The third-order valence-corrected chi connectivity index (χ3v) is 4.38. The fourth-order valence-electron chi connectivity index (χ4n) is 2.53. The first-order valence-electron chi connectivity index (χ1n) is 5.77. The predicted octanol–water partition coefficient (Wildman–Crippen LogP) is 4.32. The van der Waals surface area contributed by atoms with Gasteiger partial charge in [0.25, 0.3) is 0 Å². The highest BCUT2D eigenvalue weighted by Gasteiger charge is 2.25. The van der Waals surface area contributed by atoms with Crippen molar-refractivity contribution in [2.24, 2.45) is 0 Å². The van der Waals surface area contributed by atoms with Gasteiger partial charge in [-0.05, 0) is 23.8 Å². The molecule has 2 heteroatoms. The average Bonchev–Trinajstić information content (AvgIpc) is 2.39. The summed E-state index contributed by atoms with van der Waals surface area (Å²) in [6.45, 7) is 0.974. The van der Waals surface area contributed by atoms with E-state index < -0.39 is 0 Å². The molecule has 17 heavy (non-hydrogen) atoms. The van der Waals surface area contributed by atoms with Gasteiger partial charge in [-0.1, -0.05) is 48.2 Å². The molecule has 0 aliphatic carbocycles. The summed E-state index contributed by atoms with van der Waals surface area (Å²) in [7, 11) is 0. The maximum absolute atomic E-state index is 2.41. The summed E-state index contributed by atoms with van der Waals surface area (Å²) >= 11 is 1.87. The minimum atomic E-state index is 0.974.